The second-order valence-corrected chi connectivity index (χ2v) is 9.00. The number of carbonyl (C=O) groups excluding carboxylic acids is 3. The van der Waals surface area contributed by atoms with Gasteiger partial charge >= 0.3 is 5.97 Å². The lowest BCUT2D eigenvalue weighted by Crippen LogP contribution is -2.56. The van der Waals surface area contributed by atoms with Gasteiger partial charge in [-0.1, -0.05) is 19.4 Å². The summed E-state index contributed by atoms with van der Waals surface area (Å²) in [6.07, 6.45) is 0.911. The average Bonchev–Trinajstić information content (AvgIpc) is 3.57. The van der Waals surface area contributed by atoms with E-state index in [0.717, 1.165) is 4.90 Å². The van der Waals surface area contributed by atoms with Gasteiger partial charge in [-0.15, -0.1) is 0 Å². The molecular weight excluding hydrogens is 468 g/mol. The molecule has 0 radical (unpaired) electrons. The molecule has 5 rings (SSSR count). The molecule has 2 fully saturated rings. The van der Waals surface area contributed by atoms with Gasteiger partial charge in [-0.05, 0) is 36.2 Å². The molecule has 0 aromatic heterocycles. The minimum Gasteiger partial charge on any atom is -0.493 e. The third-order valence-electron chi connectivity index (χ3n) is 7.23. The summed E-state index contributed by atoms with van der Waals surface area (Å²) in [4.78, 5) is 42.3. The zero-order valence-corrected chi connectivity index (χ0v) is 20.5. The van der Waals surface area contributed by atoms with Gasteiger partial charge in [0.1, 0.15) is 5.54 Å². The first-order valence-corrected chi connectivity index (χ1v) is 11.8. The number of ether oxygens (including phenoxy) is 5. The largest absolute Gasteiger partial charge is 0.493 e. The van der Waals surface area contributed by atoms with E-state index in [4.69, 9.17) is 23.7 Å². The molecule has 0 spiro atoms. The summed E-state index contributed by atoms with van der Waals surface area (Å²) in [5.41, 5.74) is -0.313. The molecule has 2 aromatic carbocycles. The quantitative estimate of drug-likeness (QED) is 0.457. The summed E-state index contributed by atoms with van der Waals surface area (Å²) < 4.78 is 26.8. The van der Waals surface area contributed by atoms with Crippen LogP contribution in [0, 0.1) is 11.8 Å². The van der Waals surface area contributed by atoms with E-state index < -0.39 is 41.2 Å². The van der Waals surface area contributed by atoms with Crippen molar-refractivity contribution < 1.29 is 38.1 Å². The molecule has 0 saturated carbocycles. The molecule has 2 saturated heterocycles. The van der Waals surface area contributed by atoms with Gasteiger partial charge in [-0.25, -0.2) is 4.90 Å². The maximum absolute atomic E-state index is 13.9. The Balaban J connectivity index is 1.63. The number of rotatable bonds is 7. The number of anilines is 1. The standard InChI is InChI=1S/C26H28N2O8/c1-5-10-26(25(31)34-4)21-20(22(27-26)14-6-8-16(32-2)18(11-14)33-3)23(29)28(24(21)30)15-7-9-17-19(12-15)36-13-35-17/h6-9,11-12,20-22,27H,5,10,13H2,1-4H3/t20-,21-,22-,26+/m0/s1. The number of esters is 1. The molecule has 190 valence electrons. The fourth-order valence-electron chi connectivity index (χ4n) is 5.71. The van der Waals surface area contributed by atoms with Crippen LogP contribution in [0.2, 0.25) is 0 Å². The minimum atomic E-state index is -1.37. The van der Waals surface area contributed by atoms with Gasteiger partial charge in [0.25, 0.3) is 0 Å². The fraction of sp³-hybridized carbons (Fsp3) is 0.423. The maximum atomic E-state index is 13.9. The number of nitrogens with zero attached hydrogens (tertiary/aromatic N) is 1. The molecule has 10 nitrogen and oxygen atoms in total. The van der Waals surface area contributed by atoms with Crippen molar-refractivity contribution in [3.05, 3.63) is 42.0 Å². The van der Waals surface area contributed by atoms with Crippen LogP contribution in [0.3, 0.4) is 0 Å². The zero-order chi connectivity index (χ0) is 25.6. The van der Waals surface area contributed by atoms with Crippen molar-refractivity contribution in [3.63, 3.8) is 0 Å². The highest BCUT2D eigenvalue weighted by atomic mass is 16.7. The minimum absolute atomic E-state index is 0.0686. The molecule has 0 unspecified atom stereocenters. The first kappa shape index (κ1) is 23.9. The van der Waals surface area contributed by atoms with E-state index in [1.54, 1.807) is 36.4 Å². The van der Waals surface area contributed by atoms with Crippen LogP contribution in [0.15, 0.2) is 36.4 Å². The van der Waals surface area contributed by atoms with Crippen LogP contribution >= 0.6 is 0 Å². The molecule has 36 heavy (non-hydrogen) atoms. The molecule has 3 aliphatic rings. The van der Waals surface area contributed by atoms with Gasteiger partial charge in [0.15, 0.2) is 23.0 Å². The van der Waals surface area contributed by atoms with E-state index in [9.17, 15) is 14.4 Å². The smallest absolute Gasteiger partial charge is 0.326 e. The average molecular weight is 497 g/mol. The summed E-state index contributed by atoms with van der Waals surface area (Å²) >= 11 is 0. The second-order valence-electron chi connectivity index (χ2n) is 9.00. The molecule has 10 heteroatoms. The van der Waals surface area contributed by atoms with Crippen molar-refractivity contribution in [2.45, 2.75) is 31.3 Å². The lowest BCUT2D eigenvalue weighted by Gasteiger charge is -2.32. The second kappa shape index (κ2) is 9.02. The lowest BCUT2D eigenvalue weighted by molar-refractivity contribution is -0.152. The van der Waals surface area contributed by atoms with Gasteiger partial charge in [0.2, 0.25) is 18.6 Å². The predicted molar refractivity (Wildman–Crippen MR) is 127 cm³/mol. The molecule has 1 N–H and O–H groups in total. The fourth-order valence-corrected chi connectivity index (χ4v) is 5.71. The topological polar surface area (TPSA) is 113 Å². The molecule has 0 aliphatic carbocycles. The highest BCUT2D eigenvalue weighted by Crippen LogP contribution is 2.52. The zero-order valence-electron chi connectivity index (χ0n) is 20.5. The summed E-state index contributed by atoms with van der Waals surface area (Å²) in [5.74, 6) is -1.24. The van der Waals surface area contributed by atoms with Crippen molar-refractivity contribution in [2.75, 3.05) is 33.0 Å². The van der Waals surface area contributed by atoms with Gasteiger partial charge in [-0.3, -0.25) is 19.7 Å². The first-order chi connectivity index (χ1) is 17.4. The highest BCUT2D eigenvalue weighted by Gasteiger charge is 2.68. The number of carbonyl (C=O) groups is 3. The Kier molecular flexibility index (Phi) is 5.99. The Bertz CT molecular complexity index is 1230. The predicted octanol–water partition coefficient (Wildman–Crippen LogP) is 2.59. The van der Waals surface area contributed by atoms with E-state index >= 15 is 0 Å². The molecule has 4 atom stereocenters. The molecule has 3 aliphatic heterocycles. The number of hydrogen-bond donors (Lipinski definition) is 1. The SMILES string of the molecule is CCC[C@@]1(C(=O)OC)N[C@@H](c2ccc(OC)c(OC)c2)[C@H]2C(=O)N(c3ccc4c(c3)OCO4)C(=O)[C@H]21. The number of methoxy groups -OCH3 is 3. The molecule has 0 bridgehead atoms. The van der Waals surface area contributed by atoms with E-state index in [-0.39, 0.29) is 6.79 Å². The van der Waals surface area contributed by atoms with Crippen molar-refractivity contribution >= 4 is 23.5 Å². The summed E-state index contributed by atoms with van der Waals surface area (Å²) in [5, 5.41) is 3.35. The number of imide groups is 1. The van der Waals surface area contributed by atoms with Crippen LogP contribution in [-0.2, 0) is 19.1 Å². The van der Waals surface area contributed by atoms with E-state index in [2.05, 4.69) is 5.32 Å². The van der Waals surface area contributed by atoms with E-state index in [1.165, 1.54) is 21.3 Å². The van der Waals surface area contributed by atoms with Gasteiger partial charge in [-0.2, -0.15) is 0 Å². The van der Waals surface area contributed by atoms with E-state index in [0.29, 0.717) is 47.1 Å². The number of hydrogen-bond acceptors (Lipinski definition) is 9. The first-order valence-electron chi connectivity index (χ1n) is 11.8. The van der Waals surface area contributed by atoms with Crippen LogP contribution < -0.4 is 29.2 Å². The van der Waals surface area contributed by atoms with Crippen LogP contribution in [0.25, 0.3) is 0 Å². The monoisotopic (exact) mass is 496 g/mol. The summed E-state index contributed by atoms with van der Waals surface area (Å²) in [7, 11) is 4.35. The van der Waals surface area contributed by atoms with Crippen LogP contribution in [0.5, 0.6) is 23.0 Å². The van der Waals surface area contributed by atoms with E-state index in [1.807, 2.05) is 6.92 Å². The lowest BCUT2D eigenvalue weighted by atomic mass is 9.77. The number of fused-ring (bicyclic) bond motifs is 2. The highest BCUT2D eigenvalue weighted by molar-refractivity contribution is 6.24. The van der Waals surface area contributed by atoms with Crippen LogP contribution in [0.4, 0.5) is 5.69 Å². The Morgan fingerprint density at radius 3 is 2.47 bits per heavy atom. The number of nitrogens with one attached hydrogen (secondary N) is 1. The van der Waals surface area contributed by atoms with Gasteiger partial charge in [0.05, 0.1) is 38.9 Å². The van der Waals surface area contributed by atoms with Crippen LogP contribution in [0.1, 0.15) is 31.4 Å². The van der Waals surface area contributed by atoms with Crippen molar-refractivity contribution in [3.8, 4) is 23.0 Å². The Morgan fingerprint density at radius 1 is 1.03 bits per heavy atom. The molecule has 3 heterocycles. The van der Waals surface area contributed by atoms with Gasteiger partial charge < -0.3 is 23.7 Å². The Labute approximate surface area is 208 Å². The van der Waals surface area contributed by atoms with Crippen LogP contribution in [-0.4, -0.2) is 51.4 Å². The van der Waals surface area contributed by atoms with Crippen molar-refractivity contribution in [1.82, 2.24) is 5.32 Å². The molecule has 2 amide bonds. The Hall–Kier alpha value is -3.79. The van der Waals surface area contributed by atoms with Gasteiger partial charge in [0, 0.05) is 12.1 Å². The Morgan fingerprint density at radius 2 is 1.78 bits per heavy atom. The summed E-state index contributed by atoms with van der Waals surface area (Å²) in [6, 6.07) is 9.57. The maximum Gasteiger partial charge on any atom is 0.326 e. The van der Waals surface area contributed by atoms with Crippen molar-refractivity contribution in [1.29, 1.82) is 0 Å². The van der Waals surface area contributed by atoms with Crippen molar-refractivity contribution in [2.24, 2.45) is 11.8 Å². The molecular formula is C26H28N2O8. The molecule has 2 aromatic rings. The number of benzene rings is 2. The third kappa shape index (κ3) is 3.39. The summed E-state index contributed by atoms with van der Waals surface area (Å²) in [6.45, 7) is 1.99. The third-order valence-corrected chi connectivity index (χ3v) is 7.23. The normalized spacial score (nSPS) is 26.2. The number of amides is 2.